The number of benzene rings is 1. The van der Waals surface area contributed by atoms with Crippen LogP contribution < -0.4 is 10.5 Å². The Hall–Kier alpha value is -2.50. The van der Waals surface area contributed by atoms with E-state index in [2.05, 4.69) is 5.10 Å². The van der Waals surface area contributed by atoms with Crippen molar-refractivity contribution in [3.8, 4) is 11.4 Å². The minimum atomic E-state index is -0.147. The Kier molecular flexibility index (Phi) is 4.47. The normalized spacial score (nSPS) is 10.4. The molecular formula is C15H20N4O2. The zero-order chi connectivity index (χ0) is 15.4. The summed E-state index contributed by atoms with van der Waals surface area (Å²) in [6.45, 7) is 2.64. The number of amides is 1. The molecule has 0 bridgehead atoms. The van der Waals surface area contributed by atoms with Gasteiger partial charge in [-0.05, 0) is 24.6 Å². The Labute approximate surface area is 124 Å². The summed E-state index contributed by atoms with van der Waals surface area (Å²) in [6.07, 6.45) is 2.62. The summed E-state index contributed by atoms with van der Waals surface area (Å²) in [7, 11) is 3.38. The average Bonchev–Trinajstić information content (AvgIpc) is 2.94. The summed E-state index contributed by atoms with van der Waals surface area (Å²) in [6, 6.07) is 7.18. The van der Waals surface area contributed by atoms with Crippen LogP contribution in [0.25, 0.3) is 5.69 Å². The summed E-state index contributed by atoms with van der Waals surface area (Å²) in [5.41, 5.74) is 7.70. The molecule has 112 valence electrons. The molecule has 1 heterocycles. The summed E-state index contributed by atoms with van der Waals surface area (Å²) in [5, 5.41) is 4.27. The van der Waals surface area contributed by atoms with E-state index in [1.165, 1.54) is 4.90 Å². The first-order chi connectivity index (χ1) is 10.0. The first-order valence-corrected chi connectivity index (χ1v) is 6.83. The average molecular weight is 288 g/mol. The molecule has 21 heavy (non-hydrogen) atoms. The molecule has 1 amide bonds. The number of nitrogens with zero attached hydrogens (tertiary/aromatic N) is 3. The highest BCUT2D eigenvalue weighted by molar-refractivity contribution is 5.91. The molecule has 0 aliphatic heterocycles. The van der Waals surface area contributed by atoms with Crippen LogP contribution in [-0.4, -0.2) is 41.3 Å². The second-order valence-corrected chi connectivity index (χ2v) is 4.88. The van der Waals surface area contributed by atoms with Gasteiger partial charge in [0.05, 0.1) is 12.3 Å². The van der Waals surface area contributed by atoms with Crippen LogP contribution in [0.1, 0.15) is 23.8 Å². The van der Waals surface area contributed by atoms with Gasteiger partial charge in [-0.3, -0.25) is 4.79 Å². The van der Waals surface area contributed by atoms with E-state index in [1.807, 2.05) is 25.1 Å². The van der Waals surface area contributed by atoms with Crippen LogP contribution in [0.5, 0.6) is 5.75 Å². The zero-order valence-corrected chi connectivity index (χ0v) is 12.5. The molecular weight excluding hydrogens is 268 g/mol. The quantitative estimate of drug-likeness (QED) is 0.853. The zero-order valence-electron chi connectivity index (χ0n) is 12.5. The van der Waals surface area contributed by atoms with Crippen molar-refractivity contribution in [2.45, 2.75) is 13.3 Å². The third-order valence-electron chi connectivity index (χ3n) is 2.97. The summed E-state index contributed by atoms with van der Waals surface area (Å²) < 4.78 is 7.19. The third kappa shape index (κ3) is 3.16. The topological polar surface area (TPSA) is 73.4 Å². The number of para-hydroxylation sites is 1. The van der Waals surface area contributed by atoms with Crippen LogP contribution in [0.15, 0.2) is 30.5 Å². The number of carbonyl (C=O) groups is 1. The molecule has 2 rings (SSSR count). The van der Waals surface area contributed by atoms with E-state index in [-0.39, 0.29) is 5.91 Å². The van der Waals surface area contributed by atoms with Crippen molar-refractivity contribution in [2.75, 3.05) is 26.4 Å². The maximum atomic E-state index is 11.9. The highest BCUT2D eigenvalue weighted by Gasteiger charge is 2.14. The molecule has 0 fully saturated rings. The van der Waals surface area contributed by atoms with Gasteiger partial charge in [0, 0.05) is 20.3 Å². The lowest BCUT2D eigenvalue weighted by molar-refractivity contribution is 0.0821. The number of rotatable bonds is 5. The largest absolute Gasteiger partial charge is 0.491 e. The smallest absolute Gasteiger partial charge is 0.273 e. The van der Waals surface area contributed by atoms with Crippen molar-refractivity contribution in [3.05, 3.63) is 36.2 Å². The van der Waals surface area contributed by atoms with Crippen molar-refractivity contribution < 1.29 is 9.53 Å². The predicted octanol–water partition coefficient (Wildman–Crippen LogP) is 1.95. The van der Waals surface area contributed by atoms with Crippen LogP contribution >= 0.6 is 0 Å². The van der Waals surface area contributed by atoms with E-state index in [4.69, 9.17) is 10.5 Å². The van der Waals surface area contributed by atoms with Gasteiger partial charge < -0.3 is 15.4 Å². The molecule has 2 aromatic rings. The van der Waals surface area contributed by atoms with E-state index in [9.17, 15) is 4.79 Å². The molecule has 0 aliphatic rings. The van der Waals surface area contributed by atoms with Crippen LogP contribution in [-0.2, 0) is 0 Å². The van der Waals surface area contributed by atoms with E-state index < -0.39 is 0 Å². The third-order valence-corrected chi connectivity index (χ3v) is 2.97. The standard InChI is InChI=1S/C15H20N4O2/c1-4-10-21-13-7-5-6-12(14(13)16)19-9-8-11(17-19)15(20)18(2)3/h5-9H,4,10,16H2,1-3H3. The Morgan fingerprint density at radius 1 is 1.38 bits per heavy atom. The molecule has 2 N–H and O–H groups in total. The minimum Gasteiger partial charge on any atom is -0.491 e. The Balaban J connectivity index is 2.32. The van der Waals surface area contributed by atoms with Crippen LogP contribution in [0.2, 0.25) is 0 Å². The van der Waals surface area contributed by atoms with Crippen LogP contribution in [0, 0.1) is 0 Å². The van der Waals surface area contributed by atoms with E-state index in [1.54, 1.807) is 31.0 Å². The molecule has 1 aromatic carbocycles. The maximum Gasteiger partial charge on any atom is 0.273 e. The lowest BCUT2D eigenvalue weighted by atomic mass is 10.2. The van der Waals surface area contributed by atoms with E-state index in [0.29, 0.717) is 29.4 Å². The Morgan fingerprint density at radius 3 is 2.81 bits per heavy atom. The number of nitrogens with two attached hydrogens (primary N) is 1. The van der Waals surface area contributed by atoms with E-state index >= 15 is 0 Å². The van der Waals surface area contributed by atoms with Crippen molar-refractivity contribution >= 4 is 11.6 Å². The summed E-state index contributed by atoms with van der Waals surface area (Å²) >= 11 is 0. The van der Waals surface area contributed by atoms with Crippen LogP contribution in [0.3, 0.4) is 0 Å². The first kappa shape index (κ1) is 14.9. The molecule has 0 saturated carbocycles. The van der Waals surface area contributed by atoms with E-state index in [0.717, 1.165) is 6.42 Å². The Morgan fingerprint density at radius 2 is 2.14 bits per heavy atom. The van der Waals surface area contributed by atoms with Crippen LogP contribution in [0.4, 0.5) is 5.69 Å². The monoisotopic (exact) mass is 288 g/mol. The van der Waals surface area contributed by atoms with Crippen molar-refractivity contribution in [1.29, 1.82) is 0 Å². The lowest BCUT2D eigenvalue weighted by Gasteiger charge is -2.12. The fourth-order valence-electron chi connectivity index (χ4n) is 1.87. The molecule has 0 unspecified atom stereocenters. The number of ether oxygens (including phenoxy) is 1. The maximum absolute atomic E-state index is 11.9. The van der Waals surface area contributed by atoms with Crippen molar-refractivity contribution in [2.24, 2.45) is 0 Å². The van der Waals surface area contributed by atoms with Gasteiger partial charge in [0.25, 0.3) is 5.91 Å². The number of carbonyl (C=O) groups excluding carboxylic acids is 1. The second kappa shape index (κ2) is 6.30. The number of hydrogen-bond acceptors (Lipinski definition) is 4. The minimum absolute atomic E-state index is 0.147. The van der Waals surface area contributed by atoms with Gasteiger partial charge in [-0.2, -0.15) is 5.10 Å². The van der Waals surface area contributed by atoms with Gasteiger partial charge in [-0.25, -0.2) is 4.68 Å². The second-order valence-electron chi connectivity index (χ2n) is 4.88. The molecule has 0 atom stereocenters. The molecule has 0 aliphatic carbocycles. The Bertz CT molecular complexity index is 634. The number of anilines is 1. The van der Waals surface area contributed by atoms with Gasteiger partial charge in [0.15, 0.2) is 5.69 Å². The van der Waals surface area contributed by atoms with Crippen molar-refractivity contribution in [3.63, 3.8) is 0 Å². The highest BCUT2D eigenvalue weighted by Crippen LogP contribution is 2.28. The van der Waals surface area contributed by atoms with Gasteiger partial charge >= 0.3 is 0 Å². The molecule has 1 aromatic heterocycles. The summed E-state index contributed by atoms with van der Waals surface area (Å²) in [5.74, 6) is 0.482. The number of hydrogen-bond donors (Lipinski definition) is 1. The molecule has 0 spiro atoms. The van der Waals surface area contributed by atoms with Gasteiger partial charge in [-0.15, -0.1) is 0 Å². The molecule has 0 radical (unpaired) electrons. The number of aromatic nitrogens is 2. The SMILES string of the molecule is CCCOc1cccc(-n2ccc(C(=O)N(C)C)n2)c1N. The lowest BCUT2D eigenvalue weighted by Crippen LogP contribution is -2.22. The summed E-state index contributed by atoms with van der Waals surface area (Å²) in [4.78, 5) is 13.4. The fourth-order valence-corrected chi connectivity index (χ4v) is 1.87. The van der Waals surface area contributed by atoms with Gasteiger partial charge in [0.1, 0.15) is 11.4 Å². The predicted molar refractivity (Wildman–Crippen MR) is 81.8 cm³/mol. The fraction of sp³-hybridized carbons (Fsp3) is 0.333. The number of nitrogen functional groups attached to an aromatic ring is 1. The highest BCUT2D eigenvalue weighted by atomic mass is 16.5. The van der Waals surface area contributed by atoms with Gasteiger partial charge in [0.2, 0.25) is 0 Å². The molecule has 6 heteroatoms. The first-order valence-electron chi connectivity index (χ1n) is 6.83. The molecule has 6 nitrogen and oxygen atoms in total. The van der Waals surface area contributed by atoms with Gasteiger partial charge in [-0.1, -0.05) is 13.0 Å². The molecule has 0 saturated heterocycles. The van der Waals surface area contributed by atoms with Crippen molar-refractivity contribution in [1.82, 2.24) is 14.7 Å².